The number of aliphatic hydroxyl groups excluding tert-OH is 1. The number of ketones is 1. The molecule has 0 rings (SSSR count). The van der Waals surface area contributed by atoms with E-state index >= 15 is 0 Å². The zero-order chi connectivity index (χ0) is 18.5. The predicted octanol–water partition coefficient (Wildman–Crippen LogP) is -3.08. The van der Waals surface area contributed by atoms with Crippen molar-refractivity contribution in [3.63, 3.8) is 0 Å². The molecule has 0 saturated carbocycles. The lowest BCUT2D eigenvalue weighted by Gasteiger charge is -1.99. The van der Waals surface area contributed by atoms with Crippen LogP contribution in [0.25, 0.3) is 0 Å². The molecule has 22 heavy (non-hydrogen) atoms. The quantitative estimate of drug-likeness (QED) is 0.240. The van der Waals surface area contributed by atoms with Crippen molar-refractivity contribution in [1.82, 2.24) is 0 Å². The lowest BCUT2D eigenvalue weighted by Crippen LogP contribution is -2.33. The van der Waals surface area contributed by atoms with E-state index in [9.17, 15) is 24.0 Å². The molecule has 2 atom stereocenters. The van der Waals surface area contributed by atoms with E-state index in [2.05, 4.69) is 0 Å². The van der Waals surface area contributed by atoms with Crippen LogP contribution in [-0.2, 0) is 24.0 Å². The van der Waals surface area contributed by atoms with Gasteiger partial charge in [-0.15, -0.1) is 0 Å². The molecule has 0 heterocycles. The lowest BCUT2D eigenvalue weighted by molar-refractivity contribution is -0.148. The third-order valence-corrected chi connectivity index (χ3v) is 1.53. The van der Waals surface area contributed by atoms with Crippen LogP contribution in [0.2, 0.25) is 0 Å². The molecule has 0 aliphatic heterocycles. The SMILES string of the molecule is CC(=O)C(=O)O.NC(CC(=O)O)C(=O)O.NC(CO)C(=O)O. The third-order valence-electron chi connectivity index (χ3n) is 1.53. The summed E-state index contributed by atoms with van der Waals surface area (Å²) in [6.07, 6.45) is -0.532. The van der Waals surface area contributed by atoms with E-state index in [1.54, 1.807) is 0 Å². The van der Waals surface area contributed by atoms with Crippen molar-refractivity contribution in [1.29, 1.82) is 0 Å². The van der Waals surface area contributed by atoms with Crippen LogP contribution in [0.1, 0.15) is 13.3 Å². The van der Waals surface area contributed by atoms with Gasteiger partial charge in [0.1, 0.15) is 12.1 Å². The molecule has 2 unspecified atom stereocenters. The molecule has 0 bridgehead atoms. The first-order valence-electron chi connectivity index (χ1n) is 5.40. The zero-order valence-electron chi connectivity index (χ0n) is 11.5. The van der Waals surface area contributed by atoms with Gasteiger partial charge >= 0.3 is 23.9 Å². The minimum atomic E-state index is -1.38. The number of carbonyl (C=O) groups excluding carboxylic acids is 1. The van der Waals surface area contributed by atoms with E-state index in [0.29, 0.717) is 0 Å². The molecule has 12 nitrogen and oxygen atoms in total. The summed E-state index contributed by atoms with van der Waals surface area (Å²) in [6.45, 7) is 0.498. The summed E-state index contributed by atoms with van der Waals surface area (Å²) in [7, 11) is 0. The second kappa shape index (κ2) is 13.4. The number of rotatable bonds is 6. The molecule has 12 heteroatoms. The number of hydrogen-bond donors (Lipinski definition) is 7. The Morgan fingerprint density at radius 1 is 0.864 bits per heavy atom. The number of hydrogen-bond acceptors (Lipinski definition) is 8. The highest BCUT2D eigenvalue weighted by molar-refractivity contribution is 6.31. The normalized spacial score (nSPS) is 11.5. The van der Waals surface area contributed by atoms with E-state index < -0.39 is 54.8 Å². The van der Waals surface area contributed by atoms with E-state index in [1.165, 1.54) is 0 Å². The maximum Gasteiger partial charge on any atom is 0.371 e. The van der Waals surface area contributed by atoms with E-state index in [0.717, 1.165) is 6.92 Å². The Morgan fingerprint density at radius 3 is 1.23 bits per heavy atom. The van der Waals surface area contributed by atoms with Gasteiger partial charge in [0.25, 0.3) is 0 Å². The molecule has 0 aliphatic carbocycles. The maximum absolute atomic E-state index is 9.85. The van der Waals surface area contributed by atoms with Crippen molar-refractivity contribution < 1.29 is 49.5 Å². The van der Waals surface area contributed by atoms with Crippen molar-refractivity contribution in [2.45, 2.75) is 25.4 Å². The molecule has 0 aromatic rings. The third kappa shape index (κ3) is 19.8. The van der Waals surface area contributed by atoms with Crippen molar-refractivity contribution in [3.05, 3.63) is 0 Å². The van der Waals surface area contributed by atoms with Gasteiger partial charge in [0, 0.05) is 6.92 Å². The fourth-order valence-corrected chi connectivity index (χ4v) is 0.354. The fourth-order valence-electron chi connectivity index (χ4n) is 0.354. The van der Waals surface area contributed by atoms with E-state index in [4.69, 9.17) is 37.0 Å². The Labute approximate surface area is 123 Å². The van der Waals surface area contributed by atoms with Crippen LogP contribution in [0.4, 0.5) is 0 Å². The minimum absolute atomic E-state index is 0.505. The van der Waals surface area contributed by atoms with Crippen molar-refractivity contribution in [3.8, 4) is 0 Å². The summed E-state index contributed by atoms with van der Waals surface area (Å²) in [6, 6.07) is -2.41. The summed E-state index contributed by atoms with van der Waals surface area (Å²) < 4.78 is 0. The largest absolute Gasteiger partial charge is 0.481 e. The monoisotopic (exact) mass is 326 g/mol. The number of nitrogens with two attached hydrogens (primary N) is 2. The van der Waals surface area contributed by atoms with Gasteiger partial charge in [-0.1, -0.05) is 0 Å². The molecular weight excluding hydrogens is 308 g/mol. The summed E-state index contributed by atoms with van der Waals surface area (Å²) in [5.41, 5.74) is 9.60. The molecule has 0 saturated heterocycles. The number of carboxylic acids is 4. The molecule has 0 aromatic carbocycles. The standard InChI is InChI=1S/C4H7NO4.C3H7NO3.C3H4O3/c5-2(4(8)9)1-3(6)7;4-2(1-5)3(6)7;1-2(4)3(5)6/h2H,1,5H2,(H,6,7)(H,8,9);2,5H,1,4H2,(H,6,7);1H3,(H,5,6). The summed E-state index contributed by atoms with van der Waals surface area (Å²) in [5.74, 6) is -5.88. The molecule has 0 spiro atoms. The Kier molecular flexibility index (Phi) is 14.9. The molecule has 0 amide bonds. The van der Waals surface area contributed by atoms with Crippen LogP contribution in [0.3, 0.4) is 0 Å². The zero-order valence-corrected chi connectivity index (χ0v) is 11.5. The van der Waals surface area contributed by atoms with E-state index in [-0.39, 0.29) is 0 Å². The molecular formula is C10H18N2O10. The molecule has 128 valence electrons. The van der Waals surface area contributed by atoms with Crippen LogP contribution >= 0.6 is 0 Å². The Balaban J connectivity index is -0.000000252. The first-order chi connectivity index (χ1) is 9.86. The summed E-state index contributed by atoms with van der Waals surface area (Å²) in [5, 5.41) is 39.6. The topological polar surface area (TPSA) is 239 Å². The fraction of sp³-hybridized carbons (Fsp3) is 0.500. The molecule has 9 N–H and O–H groups in total. The average Bonchev–Trinajstić information content (AvgIpc) is 2.37. The van der Waals surface area contributed by atoms with Crippen molar-refractivity contribution in [2.75, 3.05) is 6.61 Å². The average molecular weight is 326 g/mol. The second-order valence-electron chi connectivity index (χ2n) is 3.53. The van der Waals surface area contributed by atoms with Gasteiger partial charge in [-0.25, -0.2) is 4.79 Å². The van der Waals surface area contributed by atoms with Crippen LogP contribution in [-0.4, -0.2) is 73.9 Å². The highest BCUT2D eigenvalue weighted by Gasteiger charge is 2.14. The smallest absolute Gasteiger partial charge is 0.371 e. The van der Waals surface area contributed by atoms with Crippen LogP contribution < -0.4 is 11.5 Å². The number of carbonyl (C=O) groups is 5. The lowest BCUT2D eigenvalue weighted by atomic mass is 10.2. The van der Waals surface area contributed by atoms with Gasteiger partial charge in [0.15, 0.2) is 0 Å². The first-order valence-corrected chi connectivity index (χ1v) is 5.40. The number of carboxylic acid groups (broad SMARTS) is 4. The first kappa shape index (κ1) is 24.4. The highest BCUT2D eigenvalue weighted by Crippen LogP contribution is 1.86. The summed E-state index contributed by atoms with van der Waals surface area (Å²) in [4.78, 5) is 48.2. The number of aliphatic carboxylic acids is 4. The Hall–Kier alpha value is -2.57. The molecule has 0 radical (unpaired) electrons. The van der Waals surface area contributed by atoms with Crippen LogP contribution in [0, 0.1) is 0 Å². The van der Waals surface area contributed by atoms with Gasteiger partial charge in [-0.2, -0.15) is 0 Å². The second-order valence-corrected chi connectivity index (χ2v) is 3.53. The predicted molar refractivity (Wildman–Crippen MR) is 68.9 cm³/mol. The molecule has 0 aromatic heterocycles. The van der Waals surface area contributed by atoms with Gasteiger partial charge < -0.3 is 37.0 Å². The van der Waals surface area contributed by atoms with Gasteiger partial charge in [-0.3, -0.25) is 19.2 Å². The van der Waals surface area contributed by atoms with Crippen molar-refractivity contribution in [2.24, 2.45) is 11.5 Å². The Morgan fingerprint density at radius 2 is 1.18 bits per heavy atom. The summed E-state index contributed by atoms with van der Waals surface area (Å²) >= 11 is 0. The molecule has 0 fully saturated rings. The maximum atomic E-state index is 9.85. The van der Waals surface area contributed by atoms with Crippen molar-refractivity contribution >= 4 is 29.7 Å². The van der Waals surface area contributed by atoms with Gasteiger partial charge in [-0.05, 0) is 0 Å². The molecule has 0 aliphatic rings. The minimum Gasteiger partial charge on any atom is -0.481 e. The Bertz CT molecular complexity index is 397. The number of aliphatic hydroxyl groups is 1. The van der Waals surface area contributed by atoms with E-state index in [1.807, 2.05) is 0 Å². The van der Waals surface area contributed by atoms with Crippen LogP contribution in [0.5, 0.6) is 0 Å². The number of Topliss-reactive ketones (excluding diaryl/α,β-unsaturated/α-hetero) is 1. The van der Waals surface area contributed by atoms with Gasteiger partial charge in [0.2, 0.25) is 5.78 Å². The van der Waals surface area contributed by atoms with Gasteiger partial charge in [0.05, 0.1) is 13.0 Å². The highest BCUT2D eigenvalue weighted by atomic mass is 16.4. The van der Waals surface area contributed by atoms with Crippen LogP contribution in [0.15, 0.2) is 0 Å².